The summed E-state index contributed by atoms with van der Waals surface area (Å²) in [5.41, 5.74) is 5.42. The Labute approximate surface area is 186 Å². The summed E-state index contributed by atoms with van der Waals surface area (Å²) in [6, 6.07) is 4.63. The first kappa shape index (κ1) is 20.2. The van der Waals surface area contributed by atoms with E-state index in [0.717, 1.165) is 50.4 Å². The van der Waals surface area contributed by atoms with Gasteiger partial charge in [0.1, 0.15) is 11.2 Å². The monoisotopic (exact) mass is 435 g/mol. The lowest BCUT2D eigenvalue weighted by molar-refractivity contribution is 0.0701. The van der Waals surface area contributed by atoms with E-state index < -0.39 is 0 Å². The van der Waals surface area contributed by atoms with Gasteiger partial charge in [-0.1, -0.05) is 33.1 Å². The van der Waals surface area contributed by atoms with Crippen molar-refractivity contribution >= 4 is 33.1 Å². The quantitative estimate of drug-likeness (QED) is 0.442. The molecule has 0 radical (unpaired) electrons. The molecule has 4 aromatic heterocycles. The number of pyridine rings is 1. The molecule has 5 rings (SSSR count). The maximum Gasteiger partial charge on any atom is 0.264 e. The molecule has 7 heteroatoms. The molecule has 4 aromatic rings. The molecular formula is C24H29N5OS. The minimum atomic E-state index is 0.151. The number of aryl methyl sites for hydroxylation is 1. The zero-order valence-electron chi connectivity index (χ0n) is 18.6. The standard InChI is InChI=1S/C24H29N5OS/c1-14(2)20-18-11-19(24(30)28(4)17-8-6-5-7-9-17)31-23(18)27-21(20)16-10-15(3)22-25-13-26-29(22)12-16/h10-14,17,27H,5-9H2,1-4H3. The van der Waals surface area contributed by atoms with Gasteiger partial charge >= 0.3 is 0 Å². The van der Waals surface area contributed by atoms with Gasteiger partial charge in [-0.05, 0) is 48.9 Å². The summed E-state index contributed by atoms with van der Waals surface area (Å²) in [5, 5.41) is 5.49. The number of carbonyl (C=O) groups excluding carboxylic acids is 1. The van der Waals surface area contributed by atoms with E-state index in [2.05, 4.69) is 48.0 Å². The number of H-pyrrole nitrogens is 1. The van der Waals surface area contributed by atoms with Crippen LogP contribution in [0, 0.1) is 6.92 Å². The Balaban J connectivity index is 1.55. The molecule has 6 nitrogen and oxygen atoms in total. The fourth-order valence-electron chi connectivity index (χ4n) is 4.97. The highest BCUT2D eigenvalue weighted by molar-refractivity contribution is 7.20. The highest BCUT2D eigenvalue weighted by atomic mass is 32.1. The topological polar surface area (TPSA) is 66.3 Å². The van der Waals surface area contributed by atoms with E-state index in [1.807, 2.05) is 22.7 Å². The van der Waals surface area contributed by atoms with Crippen LogP contribution in [0.2, 0.25) is 0 Å². The normalized spacial score (nSPS) is 15.4. The SMILES string of the molecule is Cc1cc(-c2[nH]c3sc(C(=O)N(C)C4CCCCC4)cc3c2C(C)C)cn2ncnc12. The molecule has 31 heavy (non-hydrogen) atoms. The Hall–Kier alpha value is -2.67. The Kier molecular flexibility index (Phi) is 5.08. The van der Waals surface area contributed by atoms with Crippen LogP contribution in [-0.4, -0.2) is 43.5 Å². The number of rotatable bonds is 4. The zero-order chi connectivity index (χ0) is 21.7. The number of thiophene rings is 1. The molecular weight excluding hydrogens is 406 g/mol. The second-order valence-corrected chi connectivity index (χ2v) is 10.1. The maximum absolute atomic E-state index is 13.2. The number of aromatic nitrogens is 4. The van der Waals surface area contributed by atoms with Crippen LogP contribution in [0.25, 0.3) is 27.1 Å². The highest BCUT2D eigenvalue weighted by Crippen LogP contribution is 2.40. The van der Waals surface area contributed by atoms with Gasteiger partial charge in [-0.15, -0.1) is 11.3 Å². The molecule has 1 fully saturated rings. The van der Waals surface area contributed by atoms with Crippen molar-refractivity contribution < 1.29 is 4.79 Å². The maximum atomic E-state index is 13.2. The third-order valence-electron chi connectivity index (χ3n) is 6.61. The summed E-state index contributed by atoms with van der Waals surface area (Å²) >= 11 is 1.57. The predicted molar refractivity (Wildman–Crippen MR) is 126 cm³/mol. The first-order chi connectivity index (χ1) is 14.9. The molecule has 0 spiro atoms. The van der Waals surface area contributed by atoms with Crippen LogP contribution >= 0.6 is 11.3 Å². The van der Waals surface area contributed by atoms with E-state index >= 15 is 0 Å². The van der Waals surface area contributed by atoms with Crippen molar-refractivity contribution in [2.24, 2.45) is 0 Å². The fraction of sp³-hybridized carbons (Fsp3) is 0.458. The smallest absolute Gasteiger partial charge is 0.264 e. The molecule has 4 heterocycles. The Morgan fingerprint density at radius 1 is 1.26 bits per heavy atom. The van der Waals surface area contributed by atoms with Crippen LogP contribution in [0.4, 0.5) is 0 Å². The van der Waals surface area contributed by atoms with Crippen molar-refractivity contribution in [1.82, 2.24) is 24.5 Å². The first-order valence-corrected chi connectivity index (χ1v) is 12.0. The van der Waals surface area contributed by atoms with Gasteiger partial charge in [0.15, 0.2) is 5.65 Å². The van der Waals surface area contributed by atoms with Crippen LogP contribution in [0.5, 0.6) is 0 Å². The third-order valence-corrected chi connectivity index (χ3v) is 7.65. The van der Waals surface area contributed by atoms with Gasteiger partial charge in [-0.2, -0.15) is 5.10 Å². The Bertz CT molecular complexity index is 1260. The summed E-state index contributed by atoms with van der Waals surface area (Å²) in [5.74, 6) is 0.474. The van der Waals surface area contributed by atoms with Crippen LogP contribution in [0.3, 0.4) is 0 Å². The van der Waals surface area contributed by atoms with Crippen molar-refractivity contribution in [2.75, 3.05) is 7.05 Å². The van der Waals surface area contributed by atoms with Gasteiger partial charge in [0.2, 0.25) is 0 Å². The zero-order valence-corrected chi connectivity index (χ0v) is 19.4. The van der Waals surface area contributed by atoms with Crippen LogP contribution in [0.15, 0.2) is 24.7 Å². The lowest BCUT2D eigenvalue weighted by Crippen LogP contribution is -2.37. The Morgan fingerprint density at radius 2 is 2.03 bits per heavy atom. The molecule has 0 atom stereocenters. The third kappa shape index (κ3) is 3.45. The summed E-state index contributed by atoms with van der Waals surface area (Å²) in [6.07, 6.45) is 9.60. The highest BCUT2D eigenvalue weighted by Gasteiger charge is 2.26. The van der Waals surface area contributed by atoms with Gasteiger partial charge in [-0.25, -0.2) is 9.50 Å². The van der Waals surface area contributed by atoms with Crippen molar-refractivity contribution in [3.63, 3.8) is 0 Å². The summed E-state index contributed by atoms with van der Waals surface area (Å²) in [4.78, 5) is 25.0. The minimum Gasteiger partial charge on any atom is -0.346 e. The van der Waals surface area contributed by atoms with Crippen LogP contribution in [0.1, 0.15) is 72.7 Å². The van der Waals surface area contributed by atoms with Crippen molar-refractivity contribution in [3.05, 3.63) is 40.7 Å². The van der Waals surface area contributed by atoms with E-state index in [0.29, 0.717) is 12.0 Å². The van der Waals surface area contributed by atoms with Crippen molar-refractivity contribution in [2.45, 2.75) is 64.8 Å². The van der Waals surface area contributed by atoms with E-state index in [9.17, 15) is 4.79 Å². The van der Waals surface area contributed by atoms with Gasteiger partial charge in [0.05, 0.1) is 10.6 Å². The molecule has 0 saturated heterocycles. The largest absolute Gasteiger partial charge is 0.346 e. The molecule has 1 aliphatic rings. The van der Waals surface area contributed by atoms with E-state index in [4.69, 9.17) is 0 Å². The number of aromatic amines is 1. The van der Waals surface area contributed by atoms with Gasteiger partial charge in [-0.3, -0.25) is 4.79 Å². The van der Waals surface area contributed by atoms with Gasteiger partial charge in [0, 0.05) is 30.2 Å². The summed E-state index contributed by atoms with van der Waals surface area (Å²) < 4.78 is 1.83. The minimum absolute atomic E-state index is 0.151. The number of nitrogens with one attached hydrogen (secondary N) is 1. The number of carbonyl (C=O) groups is 1. The van der Waals surface area contributed by atoms with Crippen molar-refractivity contribution in [3.8, 4) is 11.3 Å². The van der Waals surface area contributed by atoms with Crippen LogP contribution in [-0.2, 0) is 0 Å². The van der Waals surface area contributed by atoms with Crippen molar-refractivity contribution in [1.29, 1.82) is 0 Å². The number of hydrogen-bond donors (Lipinski definition) is 1. The first-order valence-electron chi connectivity index (χ1n) is 11.2. The summed E-state index contributed by atoms with van der Waals surface area (Å²) in [6.45, 7) is 6.48. The molecule has 0 unspecified atom stereocenters. The van der Waals surface area contributed by atoms with Gasteiger partial charge in [0.25, 0.3) is 5.91 Å². The fourth-order valence-corrected chi connectivity index (χ4v) is 6.03. The molecule has 1 saturated carbocycles. The lowest BCUT2D eigenvalue weighted by Gasteiger charge is -2.30. The second-order valence-electron chi connectivity index (χ2n) is 9.07. The second kappa shape index (κ2) is 7.79. The molecule has 1 N–H and O–H groups in total. The lowest BCUT2D eigenvalue weighted by atomic mass is 9.94. The molecule has 1 aliphatic carbocycles. The number of fused-ring (bicyclic) bond motifs is 2. The average molecular weight is 436 g/mol. The summed E-state index contributed by atoms with van der Waals surface area (Å²) in [7, 11) is 1.97. The van der Waals surface area contributed by atoms with Crippen LogP contribution < -0.4 is 0 Å². The molecule has 162 valence electrons. The van der Waals surface area contributed by atoms with E-state index in [1.54, 1.807) is 17.7 Å². The van der Waals surface area contributed by atoms with E-state index in [1.165, 1.54) is 24.8 Å². The average Bonchev–Trinajstić information content (AvgIpc) is 3.47. The number of nitrogens with zero attached hydrogens (tertiary/aromatic N) is 4. The number of amides is 1. The molecule has 0 aromatic carbocycles. The predicted octanol–water partition coefficient (Wildman–Crippen LogP) is 5.78. The van der Waals surface area contributed by atoms with Gasteiger partial charge < -0.3 is 9.88 Å². The Morgan fingerprint density at radius 3 is 2.77 bits per heavy atom. The molecule has 0 aliphatic heterocycles. The molecule has 0 bridgehead atoms. The van der Waals surface area contributed by atoms with E-state index in [-0.39, 0.29) is 5.91 Å². The number of hydrogen-bond acceptors (Lipinski definition) is 4. The molecule has 1 amide bonds.